The summed E-state index contributed by atoms with van der Waals surface area (Å²) in [4.78, 5) is 30.5. The number of hydrogen-bond acceptors (Lipinski definition) is 3. The molecule has 124 valence electrons. The number of carbonyl (C=O) groups is 2. The third kappa shape index (κ3) is 2.98. The summed E-state index contributed by atoms with van der Waals surface area (Å²) < 4.78 is 5.15. The number of hydrogen-bond donors (Lipinski definition) is 0. The summed E-state index contributed by atoms with van der Waals surface area (Å²) in [5, 5.41) is 0. The summed E-state index contributed by atoms with van der Waals surface area (Å²) >= 11 is 0. The molecule has 0 N–H and O–H groups in total. The lowest BCUT2D eigenvalue weighted by Gasteiger charge is -2.40. The zero-order valence-electron chi connectivity index (χ0n) is 13.7. The number of carbonyl (C=O) groups excluding carboxylic acids is 2. The third-order valence-corrected chi connectivity index (χ3v) is 4.66. The van der Waals surface area contributed by atoms with Crippen LogP contribution in [0.1, 0.15) is 19.8 Å². The fourth-order valence-corrected chi connectivity index (χ4v) is 3.24. The number of likely N-dealkylation sites (tertiary alicyclic amines) is 1. The highest BCUT2D eigenvalue weighted by Gasteiger charge is 2.37. The molecule has 2 aliphatic rings. The van der Waals surface area contributed by atoms with Crippen molar-refractivity contribution >= 4 is 17.6 Å². The second-order valence-corrected chi connectivity index (χ2v) is 6.03. The number of benzene rings is 1. The molecule has 2 heterocycles. The van der Waals surface area contributed by atoms with Crippen LogP contribution < -0.4 is 9.64 Å². The van der Waals surface area contributed by atoms with Crippen LogP contribution in [0.15, 0.2) is 24.3 Å². The second kappa shape index (κ2) is 6.48. The van der Waals surface area contributed by atoms with Crippen molar-refractivity contribution in [3.05, 3.63) is 24.3 Å². The van der Waals surface area contributed by atoms with E-state index >= 15 is 0 Å². The SMILES string of the molecule is COc1ccc(N2CCN(C(=O)N3CCCC3)[C@H](C)C2=O)cc1. The predicted octanol–water partition coefficient (Wildman–Crippen LogP) is 1.95. The topological polar surface area (TPSA) is 53.1 Å². The van der Waals surface area contributed by atoms with E-state index in [1.54, 1.807) is 16.9 Å². The Bertz CT molecular complexity index is 581. The van der Waals surface area contributed by atoms with Gasteiger partial charge in [0.05, 0.1) is 7.11 Å². The maximum absolute atomic E-state index is 12.7. The molecule has 0 radical (unpaired) electrons. The molecule has 1 aromatic rings. The largest absolute Gasteiger partial charge is 0.497 e. The second-order valence-electron chi connectivity index (χ2n) is 6.03. The Balaban J connectivity index is 1.71. The summed E-state index contributed by atoms with van der Waals surface area (Å²) in [6.07, 6.45) is 2.11. The predicted molar refractivity (Wildman–Crippen MR) is 87.7 cm³/mol. The lowest BCUT2D eigenvalue weighted by molar-refractivity contribution is -0.124. The minimum atomic E-state index is -0.432. The zero-order valence-corrected chi connectivity index (χ0v) is 13.7. The minimum absolute atomic E-state index is 0.00210. The molecule has 0 bridgehead atoms. The Morgan fingerprint density at radius 3 is 2.35 bits per heavy atom. The van der Waals surface area contributed by atoms with Crippen LogP contribution in [0.25, 0.3) is 0 Å². The Hall–Kier alpha value is -2.24. The average Bonchev–Trinajstić information content (AvgIpc) is 3.11. The molecule has 0 spiro atoms. The van der Waals surface area contributed by atoms with Crippen LogP contribution in [0, 0.1) is 0 Å². The lowest BCUT2D eigenvalue weighted by Crippen LogP contribution is -2.60. The van der Waals surface area contributed by atoms with E-state index in [-0.39, 0.29) is 11.9 Å². The number of ether oxygens (including phenoxy) is 1. The fraction of sp³-hybridized carbons (Fsp3) is 0.529. The van der Waals surface area contributed by atoms with Crippen molar-refractivity contribution in [3.63, 3.8) is 0 Å². The smallest absolute Gasteiger partial charge is 0.320 e. The van der Waals surface area contributed by atoms with Crippen LogP contribution in [0.3, 0.4) is 0 Å². The van der Waals surface area contributed by atoms with Gasteiger partial charge in [-0.1, -0.05) is 0 Å². The van der Waals surface area contributed by atoms with E-state index in [1.807, 2.05) is 36.1 Å². The van der Waals surface area contributed by atoms with Crippen molar-refractivity contribution in [1.29, 1.82) is 0 Å². The maximum Gasteiger partial charge on any atom is 0.320 e. The third-order valence-electron chi connectivity index (χ3n) is 4.66. The van der Waals surface area contributed by atoms with E-state index in [4.69, 9.17) is 4.74 Å². The zero-order chi connectivity index (χ0) is 16.4. The number of piperazine rings is 1. The highest BCUT2D eigenvalue weighted by Crippen LogP contribution is 2.24. The Morgan fingerprint density at radius 1 is 1.09 bits per heavy atom. The normalized spacial score (nSPS) is 21.7. The molecule has 6 heteroatoms. The van der Waals surface area contributed by atoms with Crippen molar-refractivity contribution in [2.75, 3.05) is 38.2 Å². The van der Waals surface area contributed by atoms with Gasteiger partial charge in [0.15, 0.2) is 0 Å². The fourth-order valence-electron chi connectivity index (χ4n) is 3.24. The van der Waals surface area contributed by atoms with Crippen LogP contribution in [-0.4, -0.2) is 61.1 Å². The van der Waals surface area contributed by atoms with Gasteiger partial charge in [0, 0.05) is 31.9 Å². The molecule has 0 unspecified atom stereocenters. The molecule has 0 aliphatic carbocycles. The number of rotatable bonds is 2. The minimum Gasteiger partial charge on any atom is -0.497 e. The molecule has 1 aromatic carbocycles. The Morgan fingerprint density at radius 2 is 1.74 bits per heavy atom. The summed E-state index contributed by atoms with van der Waals surface area (Å²) in [6.45, 7) is 4.51. The van der Waals surface area contributed by atoms with E-state index in [0.717, 1.165) is 37.4 Å². The summed E-state index contributed by atoms with van der Waals surface area (Å²) in [7, 11) is 1.62. The first-order chi connectivity index (χ1) is 11.1. The van der Waals surface area contributed by atoms with E-state index < -0.39 is 6.04 Å². The van der Waals surface area contributed by atoms with Gasteiger partial charge in [-0.3, -0.25) is 4.79 Å². The van der Waals surface area contributed by atoms with Gasteiger partial charge >= 0.3 is 6.03 Å². The van der Waals surface area contributed by atoms with Crippen molar-refractivity contribution in [2.24, 2.45) is 0 Å². The number of urea groups is 1. The van der Waals surface area contributed by atoms with E-state index in [0.29, 0.717) is 13.1 Å². The van der Waals surface area contributed by atoms with Gasteiger partial charge in [0.25, 0.3) is 0 Å². The molecule has 23 heavy (non-hydrogen) atoms. The van der Waals surface area contributed by atoms with Gasteiger partial charge in [0.2, 0.25) is 5.91 Å². The van der Waals surface area contributed by atoms with Crippen molar-refractivity contribution < 1.29 is 14.3 Å². The molecule has 0 saturated carbocycles. The molecule has 1 atom stereocenters. The van der Waals surface area contributed by atoms with Gasteiger partial charge in [-0.25, -0.2) is 4.79 Å². The van der Waals surface area contributed by atoms with Crippen LogP contribution in [0.4, 0.5) is 10.5 Å². The number of amides is 3. The van der Waals surface area contributed by atoms with Gasteiger partial charge in [-0.15, -0.1) is 0 Å². The Labute approximate surface area is 136 Å². The van der Waals surface area contributed by atoms with E-state index in [2.05, 4.69) is 0 Å². The molecular weight excluding hydrogens is 294 g/mol. The molecule has 3 rings (SSSR count). The summed E-state index contributed by atoms with van der Waals surface area (Å²) in [5.74, 6) is 0.728. The van der Waals surface area contributed by atoms with Crippen molar-refractivity contribution in [3.8, 4) is 5.75 Å². The Kier molecular flexibility index (Phi) is 4.41. The molecule has 3 amide bonds. The number of methoxy groups -OCH3 is 1. The summed E-state index contributed by atoms with van der Waals surface area (Å²) in [6, 6.07) is 7.00. The van der Waals surface area contributed by atoms with Crippen LogP contribution in [0.2, 0.25) is 0 Å². The van der Waals surface area contributed by atoms with E-state index in [1.165, 1.54) is 0 Å². The molecule has 2 saturated heterocycles. The number of nitrogens with zero attached hydrogens (tertiary/aromatic N) is 3. The molecule has 6 nitrogen and oxygen atoms in total. The monoisotopic (exact) mass is 317 g/mol. The van der Waals surface area contributed by atoms with Crippen molar-refractivity contribution in [1.82, 2.24) is 9.80 Å². The van der Waals surface area contributed by atoms with Crippen LogP contribution >= 0.6 is 0 Å². The highest BCUT2D eigenvalue weighted by molar-refractivity contribution is 6.00. The molecular formula is C17H23N3O3. The lowest BCUT2D eigenvalue weighted by atomic mass is 10.1. The van der Waals surface area contributed by atoms with Gasteiger partial charge in [-0.05, 0) is 44.0 Å². The summed E-state index contributed by atoms with van der Waals surface area (Å²) in [5.41, 5.74) is 0.843. The van der Waals surface area contributed by atoms with Crippen molar-refractivity contribution in [2.45, 2.75) is 25.8 Å². The number of anilines is 1. The first-order valence-electron chi connectivity index (χ1n) is 8.13. The average molecular weight is 317 g/mol. The molecule has 2 fully saturated rings. The quantitative estimate of drug-likeness (QED) is 0.838. The van der Waals surface area contributed by atoms with Crippen LogP contribution in [0.5, 0.6) is 5.75 Å². The van der Waals surface area contributed by atoms with Gasteiger partial charge in [0.1, 0.15) is 11.8 Å². The standard InChI is InChI=1S/C17H23N3O3/c1-13-16(21)20(14-5-7-15(23-2)8-6-14)12-11-19(13)17(22)18-9-3-4-10-18/h5-8,13H,3-4,9-12H2,1-2H3/t13-/m1/s1. The molecule has 2 aliphatic heterocycles. The first kappa shape index (κ1) is 15.6. The highest BCUT2D eigenvalue weighted by atomic mass is 16.5. The first-order valence-corrected chi connectivity index (χ1v) is 8.13. The molecule has 0 aromatic heterocycles. The maximum atomic E-state index is 12.7. The van der Waals surface area contributed by atoms with Gasteiger partial charge < -0.3 is 19.4 Å². The van der Waals surface area contributed by atoms with E-state index in [9.17, 15) is 9.59 Å². The van der Waals surface area contributed by atoms with Gasteiger partial charge in [-0.2, -0.15) is 0 Å². The van der Waals surface area contributed by atoms with Crippen LogP contribution in [-0.2, 0) is 4.79 Å².